The molecule has 0 spiro atoms. The molecule has 0 aliphatic carbocycles. The predicted octanol–water partition coefficient (Wildman–Crippen LogP) is 2.10. The molecule has 1 aromatic heterocycles. The molecule has 0 saturated heterocycles. The molecular weight excluding hydrogens is 239 g/mol. The van der Waals surface area contributed by atoms with Crippen LogP contribution >= 0.6 is 23.2 Å². The predicted molar refractivity (Wildman–Crippen MR) is 59.2 cm³/mol. The number of allylic oxidation sites excluding steroid dienone is 1. The summed E-state index contributed by atoms with van der Waals surface area (Å²) in [4.78, 5) is 21.6. The number of nitrogens with one attached hydrogen (secondary N) is 1. The zero-order valence-corrected chi connectivity index (χ0v) is 9.39. The van der Waals surface area contributed by atoms with Crippen molar-refractivity contribution in [2.75, 3.05) is 5.32 Å². The number of hydrogen-bond acceptors (Lipinski definition) is 3. The Balaban J connectivity index is 2.89. The van der Waals surface area contributed by atoms with Crippen LogP contribution in [0, 0.1) is 0 Å². The number of nitrogens with zero attached hydrogens (tertiary/aromatic N) is 1. The van der Waals surface area contributed by atoms with E-state index in [2.05, 4.69) is 11.9 Å². The lowest BCUT2D eigenvalue weighted by molar-refractivity contribution is -0.108. The average Bonchev–Trinajstić information content (AvgIpc) is 2.46. The fourth-order valence-electron chi connectivity index (χ4n) is 1.05. The van der Waals surface area contributed by atoms with Crippen LogP contribution in [0.1, 0.15) is 10.5 Å². The van der Waals surface area contributed by atoms with Gasteiger partial charge in [0.2, 0.25) is 0 Å². The molecule has 0 aromatic carbocycles. The van der Waals surface area contributed by atoms with Crippen LogP contribution in [0.25, 0.3) is 0 Å². The molecule has 15 heavy (non-hydrogen) atoms. The minimum absolute atomic E-state index is 0.0378. The molecule has 0 atom stereocenters. The Morgan fingerprint density at radius 2 is 2.07 bits per heavy atom. The van der Waals surface area contributed by atoms with Crippen LogP contribution in [0.2, 0.25) is 0 Å². The highest BCUT2D eigenvalue weighted by atomic mass is 35.5. The van der Waals surface area contributed by atoms with E-state index in [4.69, 9.17) is 23.2 Å². The van der Waals surface area contributed by atoms with Crippen LogP contribution in [0.15, 0.2) is 24.5 Å². The van der Waals surface area contributed by atoms with Crippen LogP contribution < -0.4 is 5.32 Å². The molecule has 1 aromatic rings. The van der Waals surface area contributed by atoms with E-state index in [9.17, 15) is 9.59 Å². The van der Waals surface area contributed by atoms with E-state index in [1.165, 1.54) is 10.6 Å². The highest BCUT2D eigenvalue weighted by Crippen LogP contribution is 2.16. The zero-order chi connectivity index (χ0) is 11.6. The van der Waals surface area contributed by atoms with Crippen LogP contribution in [0.5, 0.6) is 0 Å². The third-order valence-corrected chi connectivity index (χ3v) is 2.16. The molecule has 6 heteroatoms. The summed E-state index contributed by atoms with van der Waals surface area (Å²) in [6.45, 7) is 3.41. The zero-order valence-electron chi connectivity index (χ0n) is 7.88. The molecule has 0 amide bonds. The van der Waals surface area contributed by atoms with E-state index < -0.39 is 10.5 Å². The van der Waals surface area contributed by atoms with Gasteiger partial charge in [-0.15, -0.1) is 0 Å². The summed E-state index contributed by atoms with van der Waals surface area (Å²) in [5.41, 5.74) is 0.880. The van der Waals surface area contributed by atoms with E-state index in [0.29, 0.717) is 11.4 Å². The summed E-state index contributed by atoms with van der Waals surface area (Å²) < 4.78 is 1.53. The van der Waals surface area contributed by atoms with Crippen molar-refractivity contribution >= 4 is 39.4 Å². The van der Waals surface area contributed by atoms with Crippen molar-refractivity contribution in [3.05, 3.63) is 30.2 Å². The Morgan fingerprint density at radius 3 is 2.47 bits per heavy atom. The maximum atomic E-state index is 10.9. The molecule has 1 rings (SSSR count). The minimum Gasteiger partial charge on any atom is -0.351 e. The second kappa shape index (κ2) is 4.51. The minimum atomic E-state index is -0.683. The van der Waals surface area contributed by atoms with Gasteiger partial charge in [-0.05, 0) is 29.3 Å². The number of rotatable bonds is 4. The highest BCUT2D eigenvalue weighted by molar-refractivity contribution is 6.68. The average molecular weight is 247 g/mol. The summed E-state index contributed by atoms with van der Waals surface area (Å²) in [5, 5.41) is 1.39. The first-order chi connectivity index (χ1) is 6.91. The lowest BCUT2D eigenvalue weighted by Crippen LogP contribution is -2.03. The van der Waals surface area contributed by atoms with Gasteiger partial charge in [0.05, 0.1) is 11.4 Å². The molecule has 1 heterocycles. The maximum absolute atomic E-state index is 10.9. The van der Waals surface area contributed by atoms with Gasteiger partial charge in [-0.1, -0.05) is 6.58 Å². The monoisotopic (exact) mass is 246 g/mol. The topological polar surface area (TPSA) is 51.1 Å². The molecule has 80 valence electrons. The van der Waals surface area contributed by atoms with Gasteiger partial charge < -0.3 is 9.88 Å². The lowest BCUT2D eigenvalue weighted by Gasteiger charge is -2.00. The van der Waals surface area contributed by atoms with Crippen molar-refractivity contribution in [3.63, 3.8) is 0 Å². The molecule has 1 N–H and O–H groups in total. The molecule has 0 radical (unpaired) electrons. The Hall–Kier alpha value is -1.26. The Morgan fingerprint density at radius 1 is 1.47 bits per heavy atom. The summed E-state index contributed by atoms with van der Waals surface area (Å²) in [6, 6.07) is 1.50. The number of hydrogen-bond donors (Lipinski definition) is 1. The molecular formula is C9H8Cl2N2O2. The molecule has 0 aliphatic heterocycles. The second-order valence-electron chi connectivity index (χ2n) is 2.88. The van der Waals surface area contributed by atoms with Gasteiger partial charge in [0.1, 0.15) is 5.69 Å². The number of aryl methyl sites for hydroxylation is 1. The van der Waals surface area contributed by atoms with Gasteiger partial charge in [-0.3, -0.25) is 9.59 Å². The molecule has 0 bridgehead atoms. The standard InChI is InChI=1S/C9H8Cl2N2O2/c1-5(8(10)14)12-6-3-7(9(11)15)13(2)4-6/h3-4,12H,1H2,2H3. The van der Waals surface area contributed by atoms with Crippen molar-refractivity contribution in [1.29, 1.82) is 0 Å². The maximum Gasteiger partial charge on any atom is 0.268 e. The quantitative estimate of drug-likeness (QED) is 0.654. The number of carbonyl (C=O) groups excluding carboxylic acids is 2. The van der Waals surface area contributed by atoms with Crippen LogP contribution in [-0.2, 0) is 11.8 Å². The third kappa shape index (κ3) is 2.84. The van der Waals surface area contributed by atoms with Crippen molar-refractivity contribution in [3.8, 4) is 0 Å². The first kappa shape index (κ1) is 11.8. The number of aromatic nitrogens is 1. The largest absolute Gasteiger partial charge is 0.351 e. The van der Waals surface area contributed by atoms with E-state index in [1.807, 2.05) is 0 Å². The van der Waals surface area contributed by atoms with Gasteiger partial charge in [0.15, 0.2) is 0 Å². The third-order valence-electron chi connectivity index (χ3n) is 1.74. The molecule has 0 unspecified atom stereocenters. The first-order valence-corrected chi connectivity index (χ1v) is 4.69. The van der Waals surface area contributed by atoms with Gasteiger partial charge in [-0.25, -0.2) is 0 Å². The van der Waals surface area contributed by atoms with Gasteiger partial charge in [0, 0.05) is 13.2 Å². The SMILES string of the molecule is C=C(Nc1cc(C(=O)Cl)n(C)c1)C(=O)Cl. The lowest BCUT2D eigenvalue weighted by atomic mass is 10.4. The van der Waals surface area contributed by atoms with Gasteiger partial charge in [0.25, 0.3) is 10.5 Å². The summed E-state index contributed by atoms with van der Waals surface area (Å²) in [5.74, 6) is 0. The number of anilines is 1. The van der Waals surface area contributed by atoms with Crippen molar-refractivity contribution in [1.82, 2.24) is 4.57 Å². The fraction of sp³-hybridized carbons (Fsp3) is 0.111. The van der Waals surface area contributed by atoms with Crippen molar-refractivity contribution in [2.24, 2.45) is 7.05 Å². The molecule has 0 aliphatic rings. The number of carbonyl (C=O) groups is 2. The Labute approximate surface area is 96.5 Å². The Kier molecular flexibility index (Phi) is 3.55. The van der Waals surface area contributed by atoms with E-state index >= 15 is 0 Å². The normalized spacial score (nSPS) is 9.80. The summed E-state index contributed by atoms with van der Waals surface area (Å²) in [6.07, 6.45) is 1.60. The molecule has 4 nitrogen and oxygen atoms in total. The van der Waals surface area contributed by atoms with Gasteiger partial charge in [-0.2, -0.15) is 0 Å². The highest BCUT2D eigenvalue weighted by Gasteiger charge is 2.10. The van der Waals surface area contributed by atoms with Crippen molar-refractivity contribution in [2.45, 2.75) is 0 Å². The summed E-state index contributed by atoms with van der Waals surface area (Å²) >= 11 is 10.5. The van der Waals surface area contributed by atoms with Crippen LogP contribution in [0.4, 0.5) is 5.69 Å². The fourth-order valence-corrected chi connectivity index (χ4v) is 1.29. The molecule has 0 saturated carbocycles. The first-order valence-electron chi connectivity index (χ1n) is 3.93. The van der Waals surface area contributed by atoms with Crippen molar-refractivity contribution < 1.29 is 9.59 Å². The Bertz CT molecular complexity index is 437. The van der Waals surface area contributed by atoms with E-state index in [-0.39, 0.29) is 5.70 Å². The summed E-state index contributed by atoms with van der Waals surface area (Å²) in [7, 11) is 1.66. The number of halogens is 2. The second-order valence-corrected chi connectivity index (χ2v) is 3.56. The van der Waals surface area contributed by atoms with E-state index in [0.717, 1.165) is 0 Å². The smallest absolute Gasteiger partial charge is 0.268 e. The van der Waals surface area contributed by atoms with Crippen LogP contribution in [0.3, 0.4) is 0 Å². The molecule has 0 fully saturated rings. The van der Waals surface area contributed by atoms with E-state index in [1.54, 1.807) is 13.2 Å². The van der Waals surface area contributed by atoms with Crippen LogP contribution in [-0.4, -0.2) is 15.1 Å². The van der Waals surface area contributed by atoms with Gasteiger partial charge >= 0.3 is 0 Å².